The van der Waals surface area contributed by atoms with E-state index in [1.165, 1.54) is 0 Å². The zero-order chi connectivity index (χ0) is 17.0. The normalized spacial score (nSPS) is 11.1. The topological polar surface area (TPSA) is 75.3 Å². The van der Waals surface area contributed by atoms with Crippen LogP contribution in [0.5, 0.6) is 0 Å². The second kappa shape index (κ2) is 6.83. The van der Waals surface area contributed by atoms with Crippen LogP contribution < -0.4 is 10.0 Å². The summed E-state index contributed by atoms with van der Waals surface area (Å²) in [6, 6.07) is 12.1. The number of amides is 1. The zero-order valence-corrected chi connectivity index (χ0v) is 14.2. The number of carbonyl (C=O) groups is 1. The van der Waals surface area contributed by atoms with E-state index in [2.05, 4.69) is 10.0 Å². The number of nitrogens with one attached hydrogen (secondary N) is 2. The number of carbonyl (C=O) groups excluding carboxylic acids is 1. The monoisotopic (exact) mass is 332 g/mol. The van der Waals surface area contributed by atoms with Crippen molar-refractivity contribution in [1.29, 1.82) is 0 Å². The van der Waals surface area contributed by atoms with Crippen LogP contribution in [0.25, 0.3) is 0 Å². The molecule has 6 heteroatoms. The third-order valence-corrected chi connectivity index (χ3v) is 4.74. The molecule has 5 nitrogen and oxygen atoms in total. The maximum absolute atomic E-state index is 12.3. The van der Waals surface area contributed by atoms with E-state index >= 15 is 0 Å². The third kappa shape index (κ3) is 4.56. The van der Waals surface area contributed by atoms with Gasteiger partial charge in [0.2, 0.25) is 10.0 Å². The molecule has 0 spiro atoms. The first-order valence-electron chi connectivity index (χ1n) is 7.30. The van der Waals surface area contributed by atoms with Gasteiger partial charge >= 0.3 is 0 Å². The van der Waals surface area contributed by atoms with Gasteiger partial charge in [-0.25, -0.2) is 8.42 Å². The average Bonchev–Trinajstić information content (AvgIpc) is 2.50. The first-order valence-corrected chi connectivity index (χ1v) is 8.95. The molecule has 122 valence electrons. The molecule has 0 saturated heterocycles. The highest BCUT2D eigenvalue weighted by atomic mass is 32.2. The Morgan fingerprint density at radius 1 is 1.04 bits per heavy atom. The van der Waals surface area contributed by atoms with Gasteiger partial charge in [0, 0.05) is 16.9 Å². The summed E-state index contributed by atoms with van der Waals surface area (Å²) in [6.45, 7) is 5.49. The largest absolute Gasteiger partial charge is 0.322 e. The van der Waals surface area contributed by atoms with Crippen molar-refractivity contribution >= 4 is 27.3 Å². The first-order chi connectivity index (χ1) is 10.8. The lowest BCUT2D eigenvalue weighted by molar-refractivity contribution is 0.102. The highest BCUT2D eigenvalue weighted by Crippen LogP contribution is 2.18. The summed E-state index contributed by atoms with van der Waals surface area (Å²) in [5.41, 5.74) is 3.79. The van der Waals surface area contributed by atoms with Crippen molar-refractivity contribution in [2.45, 2.75) is 20.8 Å². The lowest BCUT2D eigenvalue weighted by Crippen LogP contribution is -2.15. The van der Waals surface area contributed by atoms with Crippen molar-refractivity contribution in [2.75, 3.05) is 15.8 Å². The van der Waals surface area contributed by atoms with E-state index in [1.807, 2.05) is 32.0 Å². The van der Waals surface area contributed by atoms with Crippen LogP contribution in [-0.2, 0) is 10.0 Å². The summed E-state index contributed by atoms with van der Waals surface area (Å²) in [4.78, 5) is 12.3. The molecule has 0 bridgehead atoms. The van der Waals surface area contributed by atoms with Gasteiger partial charge in [-0.15, -0.1) is 0 Å². The molecule has 1 amide bonds. The van der Waals surface area contributed by atoms with Gasteiger partial charge in [-0.1, -0.05) is 17.7 Å². The highest BCUT2D eigenvalue weighted by Gasteiger charge is 2.10. The van der Waals surface area contributed by atoms with E-state index in [9.17, 15) is 13.2 Å². The van der Waals surface area contributed by atoms with Gasteiger partial charge in [-0.05, 0) is 56.7 Å². The van der Waals surface area contributed by atoms with Crippen LogP contribution >= 0.6 is 0 Å². The number of aryl methyl sites for hydroxylation is 2. The molecular formula is C17H20N2O3S. The van der Waals surface area contributed by atoms with Crippen LogP contribution in [0.2, 0.25) is 0 Å². The van der Waals surface area contributed by atoms with Crippen LogP contribution in [0.15, 0.2) is 42.5 Å². The van der Waals surface area contributed by atoms with Gasteiger partial charge in [-0.3, -0.25) is 9.52 Å². The van der Waals surface area contributed by atoms with Gasteiger partial charge in [0.15, 0.2) is 0 Å². The van der Waals surface area contributed by atoms with Crippen LogP contribution in [-0.4, -0.2) is 20.1 Å². The highest BCUT2D eigenvalue weighted by molar-refractivity contribution is 7.92. The van der Waals surface area contributed by atoms with Gasteiger partial charge in [0.1, 0.15) is 0 Å². The number of rotatable bonds is 5. The van der Waals surface area contributed by atoms with Gasteiger partial charge in [0.25, 0.3) is 5.91 Å². The van der Waals surface area contributed by atoms with Crippen LogP contribution in [0.3, 0.4) is 0 Å². The van der Waals surface area contributed by atoms with Crippen molar-refractivity contribution < 1.29 is 13.2 Å². The molecule has 0 saturated carbocycles. The summed E-state index contributed by atoms with van der Waals surface area (Å²) in [6.07, 6.45) is 0. The molecular weight excluding hydrogens is 312 g/mol. The van der Waals surface area contributed by atoms with Crippen molar-refractivity contribution in [3.8, 4) is 0 Å². The summed E-state index contributed by atoms with van der Waals surface area (Å²) in [7, 11) is -3.31. The standard InChI is InChI=1S/C17H20N2O3S/c1-4-23(21,22)19-15-8-6-14(7-9-15)17(20)18-16-10-5-12(2)11-13(16)3/h5-11,19H,4H2,1-3H3,(H,18,20). The number of anilines is 2. The number of sulfonamides is 1. The van der Waals surface area contributed by atoms with Crippen molar-refractivity contribution in [3.63, 3.8) is 0 Å². The number of benzene rings is 2. The zero-order valence-electron chi connectivity index (χ0n) is 13.4. The van der Waals surface area contributed by atoms with Gasteiger partial charge in [-0.2, -0.15) is 0 Å². The first kappa shape index (κ1) is 17.0. The van der Waals surface area contributed by atoms with Crippen LogP contribution in [0.4, 0.5) is 11.4 Å². The number of hydrogen-bond donors (Lipinski definition) is 2. The van der Waals surface area contributed by atoms with Gasteiger partial charge < -0.3 is 5.32 Å². The van der Waals surface area contributed by atoms with Crippen molar-refractivity contribution in [2.24, 2.45) is 0 Å². The molecule has 0 radical (unpaired) electrons. The molecule has 0 aliphatic carbocycles. The van der Waals surface area contributed by atoms with E-state index in [0.29, 0.717) is 11.3 Å². The average molecular weight is 332 g/mol. The van der Waals surface area contributed by atoms with E-state index < -0.39 is 10.0 Å². The van der Waals surface area contributed by atoms with Crippen molar-refractivity contribution in [1.82, 2.24) is 0 Å². The van der Waals surface area contributed by atoms with Gasteiger partial charge in [0.05, 0.1) is 5.75 Å². The Bertz CT molecular complexity index is 812. The van der Waals surface area contributed by atoms with Crippen LogP contribution in [0.1, 0.15) is 28.4 Å². The molecule has 2 aromatic carbocycles. The van der Waals surface area contributed by atoms with E-state index in [0.717, 1.165) is 16.8 Å². The van der Waals surface area contributed by atoms with E-state index in [1.54, 1.807) is 31.2 Å². The van der Waals surface area contributed by atoms with E-state index in [-0.39, 0.29) is 11.7 Å². The lowest BCUT2D eigenvalue weighted by atomic mass is 10.1. The Kier molecular flexibility index (Phi) is 5.05. The molecule has 0 atom stereocenters. The second-order valence-electron chi connectivity index (χ2n) is 5.36. The Hall–Kier alpha value is -2.34. The predicted molar refractivity (Wildman–Crippen MR) is 93.4 cm³/mol. The molecule has 0 aliphatic heterocycles. The maximum atomic E-state index is 12.3. The molecule has 0 aromatic heterocycles. The number of hydrogen-bond acceptors (Lipinski definition) is 3. The molecule has 2 rings (SSSR count). The maximum Gasteiger partial charge on any atom is 0.255 e. The fourth-order valence-corrected chi connectivity index (χ4v) is 2.73. The molecule has 0 unspecified atom stereocenters. The summed E-state index contributed by atoms with van der Waals surface area (Å²) < 4.78 is 25.4. The lowest BCUT2D eigenvalue weighted by Gasteiger charge is -2.10. The van der Waals surface area contributed by atoms with Crippen molar-refractivity contribution in [3.05, 3.63) is 59.2 Å². The summed E-state index contributed by atoms with van der Waals surface area (Å²) in [5, 5.41) is 2.86. The second-order valence-corrected chi connectivity index (χ2v) is 7.37. The molecule has 0 aliphatic rings. The SMILES string of the molecule is CCS(=O)(=O)Nc1ccc(C(=O)Nc2ccc(C)cc2C)cc1. The minimum Gasteiger partial charge on any atom is -0.322 e. The molecule has 23 heavy (non-hydrogen) atoms. The quantitative estimate of drug-likeness (QED) is 0.882. The fraction of sp³-hybridized carbons (Fsp3) is 0.235. The smallest absolute Gasteiger partial charge is 0.255 e. The Balaban J connectivity index is 2.11. The Morgan fingerprint density at radius 2 is 1.70 bits per heavy atom. The van der Waals surface area contributed by atoms with Crippen LogP contribution in [0, 0.1) is 13.8 Å². The van der Waals surface area contributed by atoms with E-state index in [4.69, 9.17) is 0 Å². The Labute approximate surface area is 136 Å². The minimum absolute atomic E-state index is 0.00192. The molecule has 2 aromatic rings. The minimum atomic E-state index is -3.31. The third-order valence-electron chi connectivity index (χ3n) is 3.43. The molecule has 0 fully saturated rings. The summed E-state index contributed by atoms with van der Waals surface area (Å²) in [5.74, 6) is -0.232. The molecule has 2 N–H and O–H groups in total. The molecule has 0 heterocycles. The Morgan fingerprint density at radius 3 is 2.26 bits per heavy atom. The predicted octanol–water partition coefficient (Wildman–Crippen LogP) is 3.32. The summed E-state index contributed by atoms with van der Waals surface area (Å²) >= 11 is 0. The fourth-order valence-electron chi connectivity index (χ4n) is 2.09.